The zero-order chi connectivity index (χ0) is 12.8. The Hall–Kier alpha value is -0.650. The molecule has 3 atom stereocenters. The Morgan fingerprint density at radius 3 is 2.82 bits per heavy atom. The number of nitrogens with two attached hydrogens (primary N) is 1. The maximum Gasteiger partial charge on any atom is 0.217 e. The van der Waals surface area contributed by atoms with E-state index in [-0.39, 0.29) is 24.0 Å². The van der Waals surface area contributed by atoms with Crippen molar-refractivity contribution in [2.24, 2.45) is 11.7 Å². The number of piperidine rings is 1. The Morgan fingerprint density at radius 2 is 2.29 bits per heavy atom. The van der Waals surface area contributed by atoms with Crippen LogP contribution in [-0.2, 0) is 4.79 Å². The first-order valence-corrected chi connectivity index (χ1v) is 6.44. The van der Waals surface area contributed by atoms with Gasteiger partial charge in [-0.2, -0.15) is 0 Å². The highest BCUT2D eigenvalue weighted by atomic mass is 16.3. The van der Waals surface area contributed by atoms with Gasteiger partial charge in [0, 0.05) is 39.1 Å². The predicted octanol–water partition coefficient (Wildman–Crippen LogP) is -0.457. The Kier molecular flexibility index (Phi) is 5.88. The molecule has 4 N–H and O–H groups in total. The molecule has 1 rings (SSSR count). The summed E-state index contributed by atoms with van der Waals surface area (Å²) in [5.41, 5.74) is 5.57. The molecular weight excluding hydrogens is 218 g/mol. The van der Waals surface area contributed by atoms with E-state index in [1.807, 2.05) is 6.92 Å². The molecule has 5 heteroatoms. The van der Waals surface area contributed by atoms with Gasteiger partial charge in [0.1, 0.15) is 0 Å². The fraction of sp³-hybridized carbons (Fsp3) is 0.917. The highest BCUT2D eigenvalue weighted by Gasteiger charge is 2.30. The Morgan fingerprint density at radius 1 is 1.59 bits per heavy atom. The first-order chi connectivity index (χ1) is 8.06. The molecule has 17 heavy (non-hydrogen) atoms. The zero-order valence-electron chi connectivity index (χ0n) is 10.9. The molecule has 1 aliphatic heterocycles. The molecule has 0 saturated carbocycles. The molecule has 1 aliphatic rings. The van der Waals surface area contributed by atoms with Gasteiger partial charge in [0.25, 0.3) is 0 Å². The van der Waals surface area contributed by atoms with E-state index in [4.69, 9.17) is 5.73 Å². The lowest BCUT2D eigenvalue weighted by atomic mass is 9.88. The smallest absolute Gasteiger partial charge is 0.217 e. The van der Waals surface area contributed by atoms with E-state index in [1.54, 1.807) is 0 Å². The summed E-state index contributed by atoms with van der Waals surface area (Å²) in [6.07, 6.45) is 1.33. The number of likely N-dealkylation sites (tertiary alicyclic amines) is 1. The van der Waals surface area contributed by atoms with Gasteiger partial charge in [-0.15, -0.1) is 0 Å². The molecule has 0 aromatic rings. The van der Waals surface area contributed by atoms with Crippen molar-refractivity contribution >= 4 is 5.91 Å². The van der Waals surface area contributed by atoms with Crippen molar-refractivity contribution in [3.05, 3.63) is 0 Å². The van der Waals surface area contributed by atoms with E-state index in [1.165, 1.54) is 6.92 Å². The van der Waals surface area contributed by atoms with E-state index in [0.717, 1.165) is 32.5 Å². The van der Waals surface area contributed by atoms with Crippen LogP contribution in [0.3, 0.4) is 0 Å². The van der Waals surface area contributed by atoms with Gasteiger partial charge in [-0.25, -0.2) is 0 Å². The summed E-state index contributed by atoms with van der Waals surface area (Å²) >= 11 is 0. The standard InChI is InChI=1S/C12H25N3O2/c1-3-12(17)10-6-11(14-9(2)16)8-15(7-10)5-4-13/h10-12,17H,3-8,13H2,1-2H3,(H,14,16). The monoisotopic (exact) mass is 243 g/mol. The van der Waals surface area contributed by atoms with Crippen LogP contribution < -0.4 is 11.1 Å². The topological polar surface area (TPSA) is 78.6 Å². The highest BCUT2D eigenvalue weighted by molar-refractivity contribution is 5.73. The maximum atomic E-state index is 11.1. The van der Waals surface area contributed by atoms with Crippen LogP contribution in [0.25, 0.3) is 0 Å². The van der Waals surface area contributed by atoms with E-state index < -0.39 is 0 Å². The van der Waals surface area contributed by atoms with Gasteiger partial charge >= 0.3 is 0 Å². The molecule has 0 bridgehead atoms. The van der Waals surface area contributed by atoms with E-state index >= 15 is 0 Å². The number of carbonyl (C=O) groups is 1. The number of aliphatic hydroxyl groups is 1. The SMILES string of the molecule is CCC(O)C1CC(NC(C)=O)CN(CCN)C1. The lowest BCUT2D eigenvalue weighted by molar-refractivity contribution is -0.120. The molecule has 1 amide bonds. The van der Waals surface area contributed by atoms with Crippen LogP contribution in [0.15, 0.2) is 0 Å². The number of aliphatic hydroxyl groups excluding tert-OH is 1. The minimum atomic E-state index is -0.285. The highest BCUT2D eigenvalue weighted by Crippen LogP contribution is 2.21. The molecule has 100 valence electrons. The molecule has 1 saturated heterocycles. The van der Waals surface area contributed by atoms with Gasteiger partial charge in [0.05, 0.1) is 6.10 Å². The van der Waals surface area contributed by atoms with Crippen molar-refractivity contribution in [3.63, 3.8) is 0 Å². The van der Waals surface area contributed by atoms with Crippen LogP contribution in [0, 0.1) is 5.92 Å². The van der Waals surface area contributed by atoms with Gasteiger partial charge in [-0.05, 0) is 18.8 Å². The Bertz CT molecular complexity index is 248. The van der Waals surface area contributed by atoms with Crippen molar-refractivity contribution in [2.75, 3.05) is 26.2 Å². The molecule has 0 aromatic carbocycles. The number of carbonyl (C=O) groups excluding carboxylic acids is 1. The van der Waals surface area contributed by atoms with Crippen LogP contribution >= 0.6 is 0 Å². The second-order valence-corrected chi connectivity index (χ2v) is 4.92. The summed E-state index contributed by atoms with van der Waals surface area (Å²) in [5.74, 6) is 0.228. The quantitative estimate of drug-likeness (QED) is 0.611. The average Bonchev–Trinajstić information content (AvgIpc) is 2.27. The van der Waals surface area contributed by atoms with Crippen molar-refractivity contribution in [1.29, 1.82) is 0 Å². The Labute approximate surface area is 103 Å². The van der Waals surface area contributed by atoms with Crippen molar-refractivity contribution in [2.45, 2.75) is 38.8 Å². The largest absolute Gasteiger partial charge is 0.393 e. The minimum Gasteiger partial charge on any atom is -0.393 e. The van der Waals surface area contributed by atoms with Crippen LogP contribution in [0.4, 0.5) is 0 Å². The summed E-state index contributed by atoms with van der Waals surface area (Å²) < 4.78 is 0. The first kappa shape index (κ1) is 14.4. The maximum absolute atomic E-state index is 11.1. The van der Waals surface area contributed by atoms with Gasteiger partial charge in [0.2, 0.25) is 5.91 Å². The lowest BCUT2D eigenvalue weighted by Gasteiger charge is -2.39. The molecule has 3 unspecified atom stereocenters. The molecule has 0 spiro atoms. The fourth-order valence-corrected chi connectivity index (χ4v) is 2.60. The third-order valence-electron chi connectivity index (χ3n) is 3.37. The first-order valence-electron chi connectivity index (χ1n) is 6.44. The third kappa shape index (κ3) is 4.61. The van der Waals surface area contributed by atoms with Gasteiger partial charge in [0.15, 0.2) is 0 Å². The minimum absolute atomic E-state index is 0.00524. The Balaban J connectivity index is 2.58. The number of rotatable bonds is 5. The van der Waals surface area contributed by atoms with Gasteiger partial charge < -0.3 is 16.2 Å². The molecular formula is C12H25N3O2. The van der Waals surface area contributed by atoms with Crippen LogP contribution in [0.1, 0.15) is 26.7 Å². The summed E-state index contributed by atoms with van der Waals surface area (Å²) in [5, 5.41) is 12.9. The van der Waals surface area contributed by atoms with E-state index in [9.17, 15) is 9.90 Å². The second kappa shape index (κ2) is 6.93. The van der Waals surface area contributed by atoms with Crippen molar-refractivity contribution < 1.29 is 9.90 Å². The van der Waals surface area contributed by atoms with Gasteiger partial charge in [-0.3, -0.25) is 9.69 Å². The predicted molar refractivity (Wildman–Crippen MR) is 67.5 cm³/mol. The van der Waals surface area contributed by atoms with E-state index in [2.05, 4.69) is 10.2 Å². The number of nitrogens with zero attached hydrogens (tertiary/aromatic N) is 1. The van der Waals surface area contributed by atoms with Crippen LogP contribution in [0.5, 0.6) is 0 Å². The number of nitrogens with one attached hydrogen (secondary N) is 1. The van der Waals surface area contributed by atoms with Crippen LogP contribution in [0.2, 0.25) is 0 Å². The molecule has 0 radical (unpaired) electrons. The van der Waals surface area contributed by atoms with Crippen molar-refractivity contribution in [3.8, 4) is 0 Å². The van der Waals surface area contributed by atoms with Crippen molar-refractivity contribution in [1.82, 2.24) is 10.2 Å². The lowest BCUT2D eigenvalue weighted by Crippen LogP contribution is -2.53. The second-order valence-electron chi connectivity index (χ2n) is 4.92. The number of hydrogen-bond donors (Lipinski definition) is 3. The molecule has 0 aliphatic carbocycles. The van der Waals surface area contributed by atoms with Crippen LogP contribution in [-0.4, -0.2) is 54.2 Å². The fourth-order valence-electron chi connectivity index (χ4n) is 2.60. The summed E-state index contributed by atoms with van der Waals surface area (Å²) in [4.78, 5) is 13.3. The summed E-state index contributed by atoms with van der Waals surface area (Å²) in [7, 11) is 0. The normalized spacial score (nSPS) is 27.8. The van der Waals surface area contributed by atoms with Gasteiger partial charge in [-0.1, -0.05) is 6.92 Å². The zero-order valence-corrected chi connectivity index (χ0v) is 10.9. The third-order valence-corrected chi connectivity index (χ3v) is 3.37. The molecule has 1 heterocycles. The number of hydrogen-bond acceptors (Lipinski definition) is 4. The van der Waals surface area contributed by atoms with E-state index in [0.29, 0.717) is 6.54 Å². The molecule has 5 nitrogen and oxygen atoms in total. The number of amides is 1. The summed E-state index contributed by atoms with van der Waals surface area (Å²) in [6, 6.07) is 0.138. The average molecular weight is 243 g/mol. The molecule has 0 aromatic heterocycles. The molecule has 1 fully saturated rings. The summed E-state index contributed by atoms with van der Waals surface area (Å²) in [6.45, 7) is 6.67.